The van der Waals surface area contributed by atoms with E-state index in [0.717, 1.165) is 40.5 Å². The van der Waals surface area contributed by atoms with Gasteiger partial charge in [-0.15, -0.1) is 0 Å². The number of aromatic nitrogens is 2. The van der Waals surface area contributed by atoms with Crippen LogP contribution in [0.3, 0.4) is 0 Å². The van der Waals surface area contributed by atoms with Crippen LogP contribution in [0, 0.1) is 0 Å². The van der Waals surface area contributed by atoms with Gasteiger partial charge in [0.2, 0.25) is 0 Å². The Morgan fingerprint density at radius 1 is 0.490 bits per heavy atom. The molecule has 7 aromatic carbocycles. The van der Waals surface area contributed by atoms with E-state index in [0.29, 0.717) is 0 Å². The van der Waals surface area contributed by atoms with Crippen molar-refractivity contribution in [1.29, 1.82) is 0 Å². The first-order valence-corrected chi connectivity index (χ1v) is 17.8. The van der Waals surface area contributed by atoms with Crippen molar-refractivity contribution >= 4 is 60.7 Å². The van der Waals surface area contributed by atoms with Gasteiger partial charge in [0.1, 0.15) is 5.58 Å². The lowest BCUT2D eigenvalue weighted by atomic mass is 9.93. The smallest absolute Gasteiger partial charge is 0.159 e. The van der Waals surface area contributed by atoms with Gasteiger partial charge in [0, 0.05) is 43.9 Å². The molecule has 0 unspecified atom stereocenters. The fourth-order valence-electron chi connectivity index (χ4n) is 8.64. The molecule has 0 aliphatic heterocycles. The Labute approximate surface area is 294 Å². The SMILES string of the molecule is C1=Cc2c(n(-c3cc(-c4ccccc4)cc4c3oc3ccccc34)c3cccc(-c4cccc5c4c4ccccc4n5-c4ccccc4)c23)CC1. The van der Waals surface area contributed by atoms with Crippen LogP contribution in [-0.4, -0.2) is 9.13 Å². The molecule has 3 heterocycles. The molecule has 3 nitrogen and oxygen atoms in total. The van der Waals surface area contributed by atoms with Crippen LogP contribution in [0.4, 0.5) is 0 Å². The Hall–Kier alpha value is -6.58. The molecule has 1 aliphatic rings. The molecule has 0 spiro atoms. The molecule has 0 radical (unpaired) electrons. The summed E-state index contributed by atoms with van der Waals surface area (Å²) < 4.78 is 11.7. The summed E-state index contributed by atoms with van der Waals surface area (Å²) >= 11 is 0. The average molecular weight is 653 g/mol. The molecule has 0 bridgehead atoms. The molecule has 0 atom stereocenters. The highest BCUT2D eigenvalue weighted by Gasteiger charge is 2.26. The number of benzene rings is 7. The third-order valence-electron chi connectivity index (χ3n) is 10.8. The van der Waals surface area contributed by atoms with Gasteiger partial charge in [0.05, 0.1) is 22.2 Å². The van der Waals surface area contributed by atoms with Crippen LogP contribution in [0.25, 0.3) is 94.4 Å². The second-order valence-corrected chi connectivity index (χ2v) is 13.6. The molecule has 3 aromatic heterocycles. The van der Waals surface area contributed by atoms with E-state index in [1.807, 2.05) is 0 Å². The van der Waals surface area contributed by atoms with Crippen molar-refractivity contribution in [2.45, 2.75) is 12.8 Å². The van der Waals surface area contributed by atoms with E-state index in [-0.39, 0.29) is 0 Å². The predicted molar refractivity (Wildman–Crippen MR) is 213 cm³/mol. The maximum atomic E-state index is 6.76. The summed E-state index contributed by atoms with van der Waals surface area (Å²) in [6.45, 7) is 0. The van der Waals surface area contributed by atoms with Crippen molar-refractivity contribution in [1.82, 2.24) is 9.13 Å². The molecule has 0 saturated carbocycles. The second kappa shape index (κ2) is 11.0. The molecule has 51 heavy (non-hydrogen) atoms. The lowest BCUT2D eigenvalue weighted by molar-refractivity contribution is 0.665. The van der Waals surface area contributed by atoms with Crippen LogP contribution in [0.2, 0.25) is 0 Å². The van der Waals surface area contributed by atoms with E-state index in [4.69, 9.17) is 4.42 Å². The first kappa shape index (κ1) is 28.3. The highest BCUT2D eigenvalue weighted by Crippen LogP contribution is 2.46. The topological polar surface area (TPSA) is 23.0 Å². The minimum Gasteiger partial charge on any atom is -0.454 e. The Morgan fingerprint density at radius 3 is 1.98 bits per heavy atom. The normalized spacial score (nSPS) is 12.9. The van der Waals surface area contributed by atoms with E-state index in [9.17, 15) is 0 Å². The number of furan rings is 1. The maximum absolute atomic E-state index is 6.76. The van der Waals surface area contributed by atoms with E-state index in [1.165, 1.54) is 71.9 Å². The second-order valence-electron chi connectivity index (χ2n) is 13.6. The van der Waals surface area contributed by atoms with Crippen LogP contribution in [0.5, 0.6) is 0 Å². The van der Waals surface area contributed by atoms with Crippen molar-refractivity contribution in [2.75, 3.05) is 0 Å². The van der Waals surface area contributed by atoms with Crippen molar-refractivity contribution in [3.05, 3.63) is 175 Å². The van der Waals surface area contributed by atoms with Crippen molar-refractivity contribution in [3.63, 3.8) is 0 Å². The van der Waals surface area contributed by atoms with Crippen LogP contribution in [-0.2, 0) is 6.42 Å². The standard InChI is InChI=1S/C48H32N2O/c1-3-15-31(16-4-1)32-29-39-34-19-9-12-28-45(34)51-48(39)44(30-32)50-41-25-11-8-21-38(41)47-36(23-14-27-43(47)50)35-22-13-26-42-46(35)37-20-7-10-24-40(37)49(42)33-17-5-2-6-18-33/h1-10,12-24,26-30H,11,25H2. The number of nitrogens with zero attached hydrogens (tertiary/aromatic N) is 2. The summed E-state index contributed by atoms with van der Waals surface area (Å²) in [5.74, 6) is 0. The van der Waals surface area contributed by atoms with E-state index < -0.39 is 0 Å². The van der Waals surface area contributed by atoms with Gasteiger partial charge >= 0.3 is 0 Å². The van der Waals surface area contributed by atoms with E-state index in [2.05, 4.69) is 179 Å². The number of rotatable bonds is 4. The van der Waals surface area contributed by atoms with Crippen LogP contribution in [0.15, 0.2) is 168 Å². The molecule has 0 amide bonds. The Morgan fingerprint density at radius 2 is 1.16 bits per heavy atom. The summed E-state index contributed by atoms with van der Waals surface area (Å²) in [4.78, 5) is 0. The molecular weight excluding hydrogens is 621 g/mol. The molecule has 240 valence electrons. The molecule has 11 rings (SSSR count). The molecule has 0 fully saturated rings. The van der Waals surface area contributed by atoms with E-state index in [1.54, 1.807) is 0 Å². The first-order chi connectivity index (χ1) is 25.3. The van der Waals surface area contributed by atoms with Crippen molar-refractivity contribution in [2.24, 2.45) is 0 Å². The molecule has 10 aromatic rings. The van der Waals surface area contributed by atoms with Gasteiger partial charge in [-0.25, -0.2) is 0 Å². The van der Waals surface area contributed by atoms with Gasteiger partial charge in [0.25, 0.3) is 0 Å². The monoisotopic (exact) mass is 652 g/mol. The van der Waals surface area contributed by atoms with Crippen molar-refractivity contribution in [3.8, 4) is 33.6 Å². The zero-order valence-electron chi connectivity index (χ0n) is 27.9. The third-order valence-corrected chi connectivity index (χ3v) is 10.8. The molecule has 3 heteroatoms. The Bertz CT molecular complexity index is 3010. The largest absolute Gasteiger partial charge is 0.454 e. The first-order valence-electron chi connectivity index (χ1n) is 17.8. The number of fused-ring (bicyclic) bond motifs is 9. The third kappa shape index (κ3) is 4.12. The number of allylic oxidation sites excluding steroid dienone is 1. The maximum Gasteiger partial charge on any atom is 0.159 e. The molecule has 0 N–H and O–H groups in total. The molecule has 1 aliphatic carbocycles. The van der Waals surface area contributed by atoms with Gasteiger partial charge in [0.15, 0.2) is 5.58 Å². The number of hydrogen-bond acceptors (Lipinski definition) is 1. The van der Waals surface area contributed by atoms with Gasteiger partial charge in [-0.3, -0.25) is 0 Å². The zero-order chi connectivity index (χ0) is 33.5. The van der Waals surface area contributed by atoms with Crippen LogP contribution in [0.1, 0.15) is 17.7 Å². The minimum atomic E-state index is 0.909. The number of hydrogen-bond donors (Lipinski definition) is 0. The van der Waals surface area contributed by atoms with Gasteiger partial charge < -0.3 is 13.6 Å². The lowest BCUT2D eigenvalue weighted by Gasteiger charge is -2.15. The van der Waals surface area contributed by atoms with Crippen LogP contribution >= 0.6 is 0 Å². The highest BCUT2D eigenvalue weighted by molar-refractivity contribution is 6.19. The summed E-state index contributed by atoms with van der Waals surface area (Å²) in [6.07, 6.45) is 6.64. The minimum absolute atomic E-state index is 0.909. The van der Waals surface area contributed by atoms with E-state index >= 15 is 0 Å². The fourth-order valence-corrected chi connectivity index (χ4v) is 8.64. The zero-order valence-corrected chi connectivity index (χ0v) is 27.9. The van der Waals surface area contributed by atoms with Crippen LogP contribution < -0.4 is 0 Å². The van der Waals surface area contributed by atoms with Gasteiger partial charge in [-0.05, 0) is 83.6 Å². The fraction of sp³-hybridized carbons (Fsp3) is 0.0417. The van der Waals surface area contributed by atoms with Crippen molar-refractivity contribution < 1.29 is 4.42 Å². The average Bonchev–Trinajstić information content (AvgIpc) is 3.86. The Balaban J connectivity index is 1.25. The molecular formula is C48H32N2O. The quantitative estimate of drug-likeness (QED) is 0.186. The summed E-state index contributed by atoms with van der Waals surface area (Å²) in [6, 6.07) is 56.9. The Kier molecular flexibility index (Phi) is 6.08. The summed E-state index contributed by atoms with van der Waals surface area (Å²) in [5, 5.41) is 6.09. The number of para-hydroxylation sites is 3. The molecule has 0 saturated heterocycles. The highest BCUT2D eigenvalue weighted by atomic mass is 16.3. The lowest BCUT2D eigenvalue weighted by Crippen LogP contribution is -2.03. The van der Waals surface area contributed by atoms with Gasteiger partial charge in [-0.1, -0.05) is 121 Å². The summed E-state index contributed by atoms with van der Waals surface area (Å²) in [5.41, 5.74) is 15.2. The summed E-state index contributed by atoms with van der Waals surface area (Å²) in [7, 11) is 0. The predicted octanol–water partition coefficient (Wildman–Crippen LogP) is 12.9. The van der Waals surface area contributed by atoms with Gasteiger partial charge in [-0.2, -0.15) is 0 Å².